The fourth-order valence-electron chi connectivity index (χ4n) is 2.44. The van der Waals surface area contributed by atoms with Crippen LogP contribution < -0.4 is 16.4 Å². The molecular formula is C13H22N4O3. The van der Waals surface area contributed by atoms with Gasteiger partial charge in [0, 0.05) is 12.6 Å². The maximum Gasteiger partial charge on any atom is 0.325 e. The Bertz CT molecular complexity index is 433. The molecule has 2 aliphatic rings. The molecule has 4 N–H and O–H groups in total. The highest BCUT2D eigenvalue weighted by Gasteiger charge is 2.56. The number of hydrogen-bond donors (Lipinski definition) is 3. The lowest BCUT2D eigenvalue weighted by atomic mass is 9.96. The van der Waals surface area contributed by atoms with Crippen LogP contribution in [-0.2, 0) is 9.59 Å². The monoisotopic (exact) mass is 282 g/mol. The molecule has 1 aliphatic carbocycles. The molecule has 1 aliphatic heterocycles. The van der Waals surface area contributed by atoms with Crippen LogP contribution in [0.1, 0.15) is 33.1 Å². The standard InChI is InChI=1S/C13H22N4O3/c1-8(14)5-6-15-10(18)7-17-11(19)13(2,9-3-4-9)16-12(17)20/h8-9H,3-7,14H2,1-2H3,(H,15,18)(H,16,20). The van der Waals surface area contributed by atoms with E-state index >= 15 is 0 Å². The lowest BCUT2D eigenvalue weighted by Gasteiger charge is -2.20. The first-order chi connectivity index (χ1) is 9.34. The number of amides is 4. The summed E-state index contributed by atoms with van der Waals surface area (Å²) in [6.45, 7) is 3.80. The molecule has 7 nitrogen and oxygen atoms in total. The molecule has 0 spiro atoms. The van der Waals surface area contributed by atoms with E-state index in [4.69, 9.17) is 5.73 Å². The molecule has 112 valence electrons. The van der Waals surface area contributed by atoms with Crippen LogP contribution in [0.5, 0.6) is 0 Å². The fourth-order valence-corrected chi connectivity index (χ4v) is 2.44. The molecule has 0 aromatic heterocycles. The molecule has 20 heavy (non-hydrogen) atoms. The molecular weight excluding hydrogens is 260 g/mol. The Balaban J connectivity index is 1.87. The van der Waals surface area contributed by atoms with E-state index in [1.165, 1.54) is 0 Å². The molecule has 2 fully saturated rings. The molecule has 0 bridgehead atoms. The minimum atomic E-state index is -0.830. The molecule has 1 saturated carbocycles. The molecule has 1 saturated heterocycles. The van der Waals surface area contributed by atoms with Crippen LogP contribution in [0.3, 0.4) is 0 Å². The molecule has 4 amide bonds. The van der Waals surface area contributed by atoms with Gasteiger partial charge < -0.3 is 16.4 Å². The normalized spacial score (nSPS) is 27.4. The van der Waals surface area contributed by atoms with Crippen LogP contribution in [0.15, 0.2) is 0 Å². The van der Waals surface area contributed by atoms with Crippen molar-refractivity contribution in [3.8, 4) is 0 Å². The largest absolute Gasteiger partial charge is 0.354 e. The first-order valence-corrected chi connectivity index (χ1v) is 7.01. The number of carbonyl (C=O) groups is 3. The van der Waals surface area contributed by atoms with E-state index < -0.39 is 11.6 Å². The zero-order chi connectivity index (χ0) is 14.9. The highest BCUT2D eigenvalue weighted by Crippen LogP contribution is 2.42. The van der Waals surface area contributed by atoms with E-state index in [9.17, 15) is 14.4 Å². The van der Waals surface area contributed by atoms with Gasteiger partial charge in [-0.15, -0.1) is 0 Å². The molecule has 7 heteroatoms. The Labute approximate surface area is 118 Å². The summed E-state index contributed by atoms with van der Waals surface area (Å²) < 4.78 is 0. The van der Waals surface area contributed by atoms with Crippen LogP contribution in [0.2, 0.25) is 0 Å². The Morgan fingerprint density at radius 2 is 2.20 bits per heavy atom. The maximum atomic E-state index is 12.3. The average Bonchev–Trinajstić information content (AvgIpc) is 3.15. The zero-order valence-electron chi connectivity index (χ0n) is 11.9. The number of carbonyl (C=O) groups excluding carboxylic acids is 3. The van der Waals surface area contributed by atoms with Gasteiger partial charge in [-0.05, 0) is 39.0 Å². The van der Waals surface area contributed by atoms with E-state index in [1.807, 2.05) is 6.92 Å². The van der Waals surface area contributed by atoms with Gasteiger partial charge in [0.05, 0.1) is 0 Å². The van der Waals surface area contributed by atoms with Crippen LogP contribution in [0.4, 0.5) is 4.79 Å². The summed E-state index contributed by atoms with van der Waals surface area (Å²) in [5.74, 6) is -0.438. The Morgan fingerprint density at radius 3 is 2.75 bits per heavy atom. The third-order valence-corrected chi connectivity index (χ3v) is 3.92. The van der Waals surface area contributed by atoms with E-state index in [-0.39, 0.29) is 30.3 Å². The van der Waals surface area contributed by atoms with Gasteiger partial charge in [0.25, 0.3) is 5.91 Å². The van der Waals surface area contributed by atoms with Gasteiger partial charge in [-0.3, -0.25) is 14.5 Å². The number of imide groups is 1. The number of rotatable bonds is 6. The Morgan fingerprint density at radius 1 is 1.55 bits per heavy atom. The van der Waals surface area contributed by atoms with E-state index in [0.717, 1.165) is 17.7 Å². The molecule has 2 rings (SSSR count). The van der Waals surface area contributed by atoms with Gasteiger partial charge in [0.1, 0.15) is 12.1 Å². The van der Waals surface area contributed by atoms with Gasteiger partial charge in [-0.2, -0.15) is 0 Å². The summed E-state index contributed by atoms with van der Waals surface area (Å²) in [5.41, 5.74) is 4.75. The maximum absolute atomic E-state index is 12.3. The summed E-state index contributed by atoms with van der Waals surface area (Å²) >= 11 is 0. The van der Waals surface area contributed by atoms with Crippen molar-refractivity contribution in [2.24, 2.45) is 11.7 Å². The predicted molar refractivity (Wildman–Crippen MR) is 72.6 cm³/mol. The topological polar surface area (TPSA) is 105 Å². The highest BCUT2D eigenvalue weighted by atomic mass is 16.2. The van der Waals surface area contributed by atoms with E-state index in [1.54, 1.807) is 6.92 Å². The number of nitrogens with two attached hydrogens (primary N) is 1. The number of hydrogen-bond acceptors (Lipinski definition) is 4. The summed E-state index contributed by atoms with van der Waals surface area (Å²) in [4.78, 5) is 36.9. The van der Waals surface area contributed by atoms with Gasteiger partial charge >= 0.3 is 6.03 Å². The predicted octanol–water partition coefficient (Wildman–Crippen LogP) is -0.440. The van der Waals surface area contributed by atoms with Crippen molar-refractivity contribution < 1.29 is 14.4 Å². The quantitative estimate of drug-likeness (QED) is 0.574. The molecule has 0 radical (unpaired) electrons. The van der Waals surface area contributed by atoms with Crippen LogP contribution in [-0.4, -0.2) is 47.4 Å². The average molecular weight is 282 g/mol. The van der Waals surface area contributed by atoms with Crippen molar-refractivity contribution in [2.75, 3.05) is 13.1 Å². The zero-order valence-corrected chi connectivity index (χ0v) is 11.9. The molecule has 0 aromatic rings. The summed E-state index contributed by atoms with van der Waals surface area (Å²) in [6, 6.07) is -0.475. The third-order valence-electron chi connectivity index (χ3n) is 3.92. The van der Waals surface area contributed by atoms with Gasteiger partial charge in [0.15, 0.2) is 0 Å². The molecule has 0 aromatic carbocycles. The third kappa shape index (κ3) is 2.92. The van der Waals surface area contributed by atoms with Crippen molar-refractivity contribution in [2.45, 2.75) is 44.7 Å². The summed E-state index contributed by atoms with van der Waals surface area (Å²) in [5, 5.41) is 5.37. The van der Waals surface area contributed by atoms with Crippen molar-refractivity contribution in [3.63, 3.8) is 0 Å². The number of nitrogens with one attached hydrogen (secondary N) is 2. The first-order valence-electron chi connectivity index (χ1n) is 7.01. The fraction of sp³-hybridized carbons (Fsp3) is 0.769. The smallest absolute Gasteiger partial charge is 0.325 e. The molecule has 2 atom stereocenters. The highest BCUT2D eigenvalue weighted by molar-refractivity contribution is 6.09. The first kappa shape index (κ1) is 14.8. The van der Waals surface area contributed by atoms with Crippen LogP contribution in [0, 0.1) is 5.92 Å². The second-order valence-corrected chi connectivity index (χ2v) is 5.91. The summed E-state index contributed by atoms with van der Waals surface area (Å²) in [7, 11) is 0. The summed E-state index contributed by atoms with van der Waals surface area (Å²) in [6.07, 6.45) is 2.54. The number of nitrogens with zero attached hydrogens (tertiary/aromatic N) is 1. The SMILES string of the molecule is CC(N)CCNC(=O)CN1C(=O)NC(C)(C2CC2)C1=O. The van der Waals surface area contributed by atoms with E-state index in [2.05, 4.69) is 10.6 Å². The molecule has 2 unspecified atom stereocenters. The Hall–Kier alpha value is -1.63. The van der Waals surface area contributed by atoms with Crippen molar-refractivity contribution in [1.29, 1.82) is 0 Å². The lowest BCUT2D eigenvalue weighted by molar-refractivity contribution is -0.135. The van der Waals surface area contributed by atoms with Gasteiger partial charge in [0.2, 0.25) is 5.91 Å². The van der Waals surface area contributed by atoms with Gasteiger partial charge in [-0.25, -0.2) is 4.79 Å². The van der Waals surface area contributed by atoms with Crippen molar-refractivity contribution in [1.82, 2.24) is 15.5 Å². The van der Waals surface area contributed by atoms with Crippen LogP contribution in [0.25, 0.3) is 0 Å². The second kappa shape index (κ2) is 5.40. The number of urea groups is 1. The van der Waals surface area contributed by atoms with Crippen molar-refractivity contribution >= 4 is 17.8 Å². The minimum Gasteiger partial charge on any atom is -0.354 e. The van der Waals surface area contributed by atoms with E-state index in [0.29, 0.717) is 13.0 Å². The second-order valence-electron chi connectivity index (χ2n) is 5.91. The Kier molecular flexibility index (Phi) is 3.99. The molecule has 1 heterocycles. The van der Waals surface area contributed by atoms with Crippen molar-refractivity contribution in [3.05, 3.63) is 0 Å². The van der Waals surface area contributed by atoms with Gasteiger partial charge in [-0.1, -0.05) is 0 Å². The minimum absolute atomic E-state index is 0.00479. The lowest BCUT2D eigenvalue weighted by Crippen LogP contribution is -2.47. The van der Waals surface area contributed by atoms with Crippen LogP contribution >= 0.6 is 0 Å².